The summed E-state index contributed by atoms with van der Waals surface area (Å²) in [5, 5.41) is 9.86. The summed E-state index contributed by atoms with van der Waals surface area (Å²) in [4.78, 5) is 30.2. The van der Waals surface area contributed by atoms with Gasteiger partial charge in [-0.3, -0.25) is 14.7 Å². The highest BCUT2D eigenvalue weighted by molar-refractivity contribution is 5.91. The van der Waals surface area contributed by atoms with E-state index >= 15 is 0 Å². The second-order valence-electron chi connectivity index (χ2n) is 9.03. The highest BCUT2D eigenvalue weighted by atomic mass is 16.4. The predicted molar refractivity (Wildman–Crippen MR) is 116 cm³/mol. The number of aryl methyl sites for hydroxylation is 2. The Bertz CT molecular complexity index is 894. The number of carboxylic acid groups (broad SMARTS) is 1. The Hall–Kier alpha value is -2.69. The highest BCUT2D eigenvalue weighted by Gasteiger charge is 2.30. The number of amides is 1. The first-order chi connectivity index (χ1) is 13.5. The van der Waals surface area contributed by atoms with E-state index < -0.39 is 11.6 Å². The average molecular weight is 397 g/mol. The monoisotopic (exact) mass is 396 g/mol. The van der Waals surface area contributed by atoms with Crippen LogP contribution in [-0.2, 0) is 13.0 Å². The second-order valence-corrected chi connectivity index (χ2v) is 9.03. The molecule has 0 radical (unpaired) electrons. The van der Waals surface area contributed by atoms with Gasteiger partial charge in [0.2, 0.25) is 0 Å². The maximum Gasteiger partial charge on any atom is 0.408 e. The van der Waals surface area contributed by atoms with E-state index in [9.17, 15) is 14.7 Å². The van der Waals surface area contributed by atoms with E-state index in [2.05, 4.69) is 13.8 Å². The molecule has 1 amide bonds. The minimum atomic E-state index is -0.990. The van der Waals surface area contributed by atoms with Crippen molar-refractivity contribution in [2.75, 3.05) is 0 Å². The van der Waals surface area contributed by atoms with Gasteiger partial charge in [-0.1, -0.05) is 43.7 Å². The molecule has 0 fully saturated rings. The van der Waals surface area contributed by atoms with E-state index in [1.54, 1.807) is 0 Å². The molecule has 0 spiro atoms. The number of aldehydes is 1. The fourth-order valence-corrected chi connectivity index (χ4v) is 3.49. The minimum absolute atomic E-state index is 0.179. The van der Waals surface area contributed by atoms with Crippen LogP contribution >= 0.6 is 0 Å². The summed E-state index contributed by atoms with van der Waals surface area (Å²) < 4.78 is 0. The number of hydrogen-bond donors (Lipinski definition) is 1. The zero-order valence-corrected chi connectivity index (χ0v) is 18.5. The molecule has 1 aromatic heterocycles. The van der Waals surface area contributed by atoms with Gasteiger partial charge < -0.3 is 5.11 Å². The molecule has 0 aliphatic carbocycles. The SMILES string of the molecule is Cc1ccc(-c2c(C=O)c(C)nc(CC(C)C)c2CN(C(=O)O)C(C)(C)C)cc1. The molecule has 0 atom stereocenters. The summed E-state index contributed by atoms with van der Waals surface area (Å²) in [6.07, 6.45) is 0.560. The minimum Gasteiger partial charge on any atom is -0.465 e. The number of carbonyl (C=O) groups excluding carboxylic acids is 1. The maximum absolute atomic E-state index is 12.0. The Balaban J connectivity index is 2.83. The Kier molecular flexibility index (Phi) is 6.83. The van der Waals surface area contributed by atoms with E-state index in [4.69, 9.17) is 4.98 Å². The molecule has 2 aromatic rings. The molecule has 156 valence electrons. The number of aromatic nitrogens is 1. The van der Waals surface area contributed by atoms with Crippen molar-refractivity contribution >= 4 is 12.4 Å². The van der Waals surface area contributed by atoms with Crippen LogP contribution in [0, 0.1) is 19.8 Å². The first-order valence-electron chi connectivity index (χ1n) is 10.0. The van der Waals surface area contributed by atoms with Crippen molar-refractivity contribution in [1.82, 2.24) is 9.88 Å². The maximum atomic E-state index is 12.0. The number of rotatable bonds is 6. The number of carbonyl (C=O) groups is 2. The van der Waals surface area contributed by atoms with Crippen molar-refractivity contribution in [3.63, 3.8) is 0 Å². The lowest BCUT2D eigenvalue weighted by molar-refractivity contribution is 0.0954. The molecule has 0 aliphatic rings. The van der Waals surface area contributed by atoms with Crippen LogP contribution in [0.2, 0.25) is 0 Å². The number of pyridine rings is 1. The largest absolute Gasteiger partial charge is 0.465 e. The third kappa shape index (κ3) is 5.22. The topological polar surface area (TPSA) is 70.5 Å². The molecule has 29 heavy (non-hydrogen) atoms. The van der Waals surface area contributed by atoms with E-state index in [0.29, 0.717) is 23.6 Å². The second kappa shape index (κ2) is 8.76. The van der Waals surface area contributed by atoms with Gasteiger partial charge in [0.1, 0.15) is 0 Å². The first kappa shape index (κ1) is 22.6. The van der Waals surface area contributed by atoms with Gasteiger partial charge in [-0.2, -0.15) is 0 Å². The van der Waals surface area contributed by atoms with Gasteiger partial charge in [0, 0.05) is 33.6 Å². The third-order valence-corrected chi connectivity index (χ3v) is 5.03. The third-order valence-electron chi connectivity index (χ3n) is 5.03. The van der Waals surface area contributed by atoms with Crippen LogP contribution in [0.15, 0.2) is 24.3 Å². The van der Waals surface area contributed by atoms with Crippen LogP contribution in [0.5, 0.6) is 0 Å². The molecule has 1 heterocycles. The predicted octanol–water partition coefficient (Wildman–Crippen LogP) is 5.65. The molecule has 1 N–H and O–H groups in total. The molecule has 0 unspecified atom stereocenters. The summed E-state index contributed by atoms with van der Waals surface area (Å²) in [5.41, 5.74) is 5.10. The van der Waals surface area contributed by atoms with Gasteiger partial charge in [0.25, 0.3) is 0 Å². The lowest BCUT2D eigenvalue weighted by atomic mass is 9.89. The van der Waals surface area contributed by atoms with Crippen molar-refractivity contribution in [1.29, 1.82) is 0 Å². The molecule has 0 saturated heterocycles. The Morgan fingerprint density at radius 2 is 1.76 bits per heavy atom. The Morgan fingerprint density at radius 3 is 2.21 bits per heavy atom. The first-order valence-corrected chi connectivity index (χ1v) is 10.0. The van der Waals surface area contributed by atoms with Gasteiger partial charge in [0.05, 0.1) is 6.54 Å². The zero-order valence-electron chi connectivity index (χ0n) is 18.5. The van der Waals surface area contributed by atoms with Crippen molar-refractivity contribution in [3.05, 3.63) is 52.3 Å². The molecule has 0 bridgehead atoms. The number of nitrogens with zero attached hydrogens (tertiary/aromatic N) is 2. The lowest BCUT2D eigenvalue weighted by Gasteiger charge is -2.34. The smallest absolute Gasteiger partial charge is 0.408 e. The molecule has 5 nitrogen and oxygen atoms in total. The Labute approximate surface area is 173 Å². The van der Waals surface area contributed by atoms with Crippen LogP contribution in [-0.4, -0.2) is 32.9 Å². The summed E-state index contributed by atoms with van der Waals surface area (Å²) in [7, 11) is 0. The van der Waals surface area contributed by atoms with E-state index in [0.717, 1.165) is 34.2 Å². The van der Waals surface area contributed by atoms with Crippen molar-refractivity contribution in [2.45, 2.75) is 67.0 Å². The fraction of sp³-hybridized carbons (Fsp3) is 0.458. The number of hydrogen-bond acceptors (Lipinski definition) is 3. The van der Waals surface area contributed by atoms with E-state index in [1.807, 2.05) is 58.9 Å². The summed E-state index contributed by atoms with van der Waals surface area (Å²) >= 11 is 0. The van der Waals surface area contributed by atoms with Crippen LogP contribution in [0.4, 0.5) is 4.79 Å². The molecular formula is C24H32N2O3. The van der Waals surface area contributed by atoms with Gasteiger partial charge in [0.15, 0.2) is 6.29 Å². The van der Waals surface area contributed by atoms with Crippen molar-refractivity contribution in [2.24, 2.45) is 5.92 Å². The van der Waals surface area contributed by atoms with E-state index in [1.165, 1.54) is 4.90 Å². The lowest BCUT2D eigenvalue weighted by Crippen LogP contribution is -2.44. The van der Waals surface area contributed by atoms with Gasteiger partial charge in [-0.15, -0.1) is 0 Å². The standard InChI is InChI=1S/C24H32N2O3/c1-15(2)12-21-19(13-26(23(28)29)24(5,6)7)22(20(14-27)17(4)25-21)18-10-8-16(3)9-11-18/h8-11,14-15H,12-13H2,1-7H3,(H,28,29). The van der Waals surface area contributed by atoms with Crippen LogP contribution < -0.4 is 0 Å². The summed E-state index contributed by atoms with van der Waals surface area (Å²) in [6.45, 7) is 13.9. The molecule has 0 aliphatic heterocycles. The van der Waals surface area contributed by atoms with E-state index in [-0.39, 0.29) is 6.54 Å². The fourth-order valence-electron chi connectivity index (χ4n) is 3.49. The van der Waals surface area contributed by atoms with Crippen molar-refractivity contribution < 1.29 is 14.7 Å². The zero-order chi connectivity index (χ0) is 21.9. The van der Waals surface area contributed by atoms with Gasteiger partial charge >= 0.3 is 6.09 Å². The summed E-state index contributed by atoms with van der Waals surface area (Å²) in [5.74, 6) is 0.349. The normalized spacial score (nSPS) is 11.6. The van der Waals surface area contributed by atoms with Gasteiger partial charge in [-0.05, 0) is 52.5 Å². The Morgan fingerprint density at radius 1 is 1.17 bits per heavy atom. The average Bonchev–Trinajstić information content (AvgIpc) is 2.59. The van der Waals surface area contributed by atoms with Crippen LogP contribution in [0.25, 0.3) is 11.1 Å². The van der Waals surface area contributed by atoms with Crippen LogP contribution in [0.1, 0.15) is 67.5 Å². The molecule has 5 heteroatoms. The molecule has 2 rings (SSSR count). The molecule has 1 aromatic carbocycles. The summed E-state index contributed by atoms with van der Waals surface area (Å²) in [6, 6.07) is 7.98. The number of benzene rings is 1. The quantitative estimate of drug-likeness (QED) is 0.640. The highest BCUT2D eigenvalue weighted by Crippen LogP contribution is 2.34. The molecular weight excluding hydrogens is 364 g/mol. The molecule has 0 saturated carbocycles. The van der Waals surface area contributed by atoms with Crippen LogP contribution in [0.3, 0.4) is 0 Å². The van der Waals surface area contributed by atoms with Gasteiger partial charge in [-0.25, -0.2) is 4.79 Å². The van der Waals surface area contributed by atoms with Crippen molar-refractivity contribution in [3.8, 4) is 11.1 Å².